The molecule has 1 amide bonds. The summed E-state index contributed by atoms with van der Waals surface area (Å²) in [5.74, 6) is 2.94. The molecule has 4 nitrogen and oxygen atoms in total. The van der Waals surface area contributed by atoms with Crippen molar-refractivity contribution < 1.29 is 9.53 Å². The van der Waals surface area contributed by atoms with Crippen molar-refractivity contribution in [3.63, 3.8) is 0 Å². The number of ether oxygens (including phenoxy) is 1. The molecular formula is C12H20N2O2S2. The third kappa shape index (κ3) is 2.97. The molecule has 0 radical (unpaired) electrons. The zero-order valence-electron chi connectivity index (χ0n) is 10.4. The first-order chi connectivity index (χ1) is 8.65. The van der Waals surface area contributed by atoms with Gasteiger partial charge in [0.25, 0.3) is 0 Å². The molecule has 0 bridgehead atoms. The summed E-state index contributed by atoms with van der Waals surface area (Å²) in [6, 6.07) is 0. The van der Waals surface area contributed by atoms with E-state index < -0.39 is 5.41 Å². The Hall–Kier alpha value is -0.330. The van der Waals surface area contributed by atoms with Crippen LogP contribution in [0.25, 0.3) is 0 Å². The van der Waals surface area contributed by atoms with Crippen LogP contribution in [0.1, 0.15) is 19.3 Å². The fourth-order valence-electron chi connectivity index (χ4n) is 2.46. The van der Waals surface area contributed by atoms with E-state index in [1.54, 1.807) is 0 Å². The van der Waals surface area contributed by atoms with E-state index in [1.807, 2.05) is 11.8 Å². The molecule has 6 heteroatoms. The summed E-state index contributed by atoms with van der Waals surface area (Å²) >= 11 is 7.06. The lowest BCUT2D eigenvalue weighted by Gasteiger charge is -2.34. The largest absolute Gasteiger partial charge is 0.392 e. The molecule has 102 valence electrons. The van der Waals surface area contributed by atoms with Gasteiger partial charge < -0.3 is 15.8 Å². The topological polar surface area (TPSA) is 64.4 Å². The van der Waals surface area contributed by atoms with Crippen LogP contribution in [-0.2, 0) is 9.53 Å². The fourth-order valence-corrected chi connectivity index (χ4v) is 4.04. The van der Waals surface area contributed by atoms with Gasteiger partial charge in [0.05, 0.1) is 4.99 Å². The van der Waals surface area contributed by atoms with Crippen molar-refractivity contribution in [2.24, 2.45) is 17.1 Å². The molecule has 0 aliphatic carbocycles. The molecule has 0 aromatic rings. The predicted octanol–water partition coefficient (Wildman–Crippen LogP) is 0.939. The van der Waals surface area contributed by atoms with Crippen molar-refractivity contribution in [2.45, 2.75) is 19.3 Å². The highest BCUT2D eigenvalue weighted by atomic mass is 32.2. The van der Waals surface area contributed by atoms with Gasteiger partial charge in [0.15, 0.2) is 0 Å². The molecule has 1 unspecified atom stereocenters. The maximum Gasteiger partial charge on any atom is 0.233 e. The number of amides is 1. The molecular weight excluding hydrogens is 268 g/mol. The number of thiocarbonyl (C=S) groups is 1. The first kappa shape index (κ1) is 14.1. The second-order valence-corrected chi connectivity index (χ2v) is 6.59. The van der Waals surface area contributed by atoms with Gasteiger partial charge in [-0.25, -0.2) is 0 Å². The van der Waals surface area contributed by atoms with E-state index in [2.05, 4.69) is 5.32 Å². The maximum atomic E-state index is 12.4. The number of hydrogen-bond donors (Lipinski definition) is 2. The molecule has 2 rings (SSSR count). The van der Waals surface area contributed by atoms with Crippen LogP contribution in [0, 0.1) is 11.3 Å². The van der Waals surface area contributed by atoms with Gasteiger partial charge in [-0.1, -0.05) is 12.2 Å². The third-order valence-corrected chi connectivity index (χ3v) is 5.45. The molecule has 2 heterocycles. The fraction of sp³-hybridized carbons (Fsp3) is 0.833. The van der Waals surface area contributed by atoms with Crippen molar-refractivity contribution in [3.05, 3.63) is 0 Å². The monoisotopic (exact) mass is 288 g/mol. The number of nitrogens with two attached hydrogens (primary N) is 1. The number of thioether (sulfide) groups is 1. The van der Waals surface area contributed by atoms with Gasteiger partial charge in [-0.3, -0.25) is 4.79 Å². The zero-order chi connectivity index (χ0) is 13.0. The number of hydrogen-bond acceptors (Lipinski definition) is 4. The Morgan fingerprint density at radius 3 is 2.78 bits per heavy atom. The average molecular weight is 288 g/mol. The Labute approximate surface area is 117 Å². The molecule has 0 saturated carbocycles. The van der Waals surface area contributed by atoms with Crippen molar-refractivity contribution in [3.8, 4) is 0 Å². The van der Waals surface area contributed by atoms with Crippen LogP contribution in [0.15, 0.2) is 0 Å². The van der Waals surface area contributed by atoms with Crippen LogP contribution in [0.5, 0.6) is 0 Å². The quantitative estimate of drug-likeness (QED) is 0.754. The normalized spacial score (nSPS) is 26.8. The molecule has 2 fully saturated rings. The molecule has 2 saturated heterocycles. The minimum atomic E-state index is -0.681. The first-order valence-corrected chi connectivity index (χ1v) is 7.95. The van der Waals surface area contributed by atoms with Crippen molar-refractivity contribution in [1.82, 2.24) is 5.32 Å². The molecule has 2 aliphatic rings. The highest BCUT2D eigenvalue weighted by molar-refractivity contribution is 7.99. The van der Waals surface area contributed by atoms with E-state index in [9.17, 15) is 4.79 Å². The van der Waals surface area contributed by atoms with Gasteiger partial charge in [-0.15, -0.1) is 0 Å². The molecule has 3 N–H and O–H groups in total. The lowest BCUT2D eigenvalue weighted by molar-refractivity contribution is -0.131. The van der Waals surface area contributed by atoms with Crippen molar-refractivity contribution in [1.29, 1.82) is 0 Å². The standard InChI is InChI=1S/C12H20N2O2S2/c13-10(17)12(2-4-16-5-3-12)11(15)14-7-9-1-6-18-8-9/h9H,1-8H2,(H2,13,17)(H,14,15). The van der Waals surface area contributed by atoms with E-state index in [0.29, 0.717) is 37.0 Å². The Morgan fingerprint density at radius 1 is 1.50 bits per heavy atom. The Kier molecular flexibility index (Phi) is 4.86. The van der Waals surface area contributed by atoms with Crippen LogP contribution in [0.4, 0.5) is 0 Å². The van der Waals surface area contributed by atoms with E-state index in [4.69, 9.17) is 22.7 Å². The van der Waals surface area contributed by atoms with Crippen LogP contribution in [0.2, 0.25) is 0 Å². The number of carbonyl (C=O) groups is 1. The average Bonchev–Trinajstić information content (AvgIpc) is 2.89. The molecule has 18 heavy (non-hydrogen) atoms. The lowest BCUT2D eigenvalue weighted by atomic mass is 9.79. The van der Waals surface area contributed by atoms with E-state index >= 15 is 0 Å². The predicted molar refractivity (Wildman–Crippen MR) is 77.7 cm³/mol. The lowest BCUT2D eigenvalue weighted by Crippen LogP contribution is -2.52. The second-order valence-electron chi connectivity index (χ2n) is 5.00. The number of nitrogens with one attached hydrogen (secondary N) is 1. The first-order valence-electron chi connectivity index (χ1n) is 6.39. The molecule has 1 atom stereocenters. The summed E-state index contributed by atoms with van der Waals surface area (Å²) in [5, 5.41) is 3.04. The summed E-state index contributed by atoms with van der Waals surface area (Å²) in [7, 11) is 0. The number of rotatable bonds is 4. The van der Waals surface area contributed by atoms with E-state index in [1.165, 1.54) is 12.2 Å². The highest BCUT2D eigenvalue weighted by Crippen LogP contribution is 2.31. The second kappa shape index (κ2) is 6.21. The summed E-state index contributed by atoms with van der Waals surface area (Å²) in [5.41, 5.74) is 5.12. The Morgan fingerprint density at radius 2 is 2.22 bits per heavy atom. The smallest absolute Gasteiger partial charge is 0.233 e. The van der Waals surface area contributed by atoms with Gasteiger partial charge in [-0.05, 0) is 36.7 Å². The minimum absolute atomic E-state index is 0.00444. The molecule has 0 aromatic heterocycles. The maximum absolute atomic E-state index is 12.4. The minimum Gasteiger partial charge on any atom is -0.392 e. The van der Waals surface area contributed by atoms with Crippen molar-refractivity contribution >= 4 is 34.9 Å². The van der Waals surface area contributed by atoms with Crippen LogP contribution >= 0.6 is 24.0 Å². The summed E-state index contributed by atoms with van der Waals surface area (Å²) in [6.07, 6.45) is 2.40. The summed E-state index contributed by atoms with van der Waals surface area (Å²) in [4.78, 5) is 12.7. The summed E-state index contributed by atoms with van der Waals surface area (Å²) < 4.78 is 5.30. The highest BCUT2D eigenvalue weighted by Gasteiger charge is 2.43. The van der Waals surface area contributed by atoms with E-state index in [0.717, 1.165) is 12.3 Å². The van der Waals surface area contributed by atoms with Crippen LogP contribution < -0.4 is 11.1 Å². The number of carbonyl (C=O) groups excluding carboxylic acids is 1. The van der Waals surface area contributed by atoms with Crippen LogP contribution in [0.3, 0.4) is 0 Å². The van der Waals surface area contributed by atoms with Gasteiger partial charge in [0.2, 0.25) is 5.91 Å². The van der Waals surface area contributed by atoms with Crippen molar-refractivity contribution in [2.75, 3.05) is 31.3 Å². The van der Waals surface area contributed by atoms with Crippen LogP contribution in [-0.4, -0.2) is 42.2 Å². The third-order valence-electron chi connectivity index (χ3n) is 3.83. The molecule has 0 aromatic carbocycles. The zero-order valence-corrected chi connectivity index (χ0v) is 12.1. The van der Waals surface area contributed by atoms with Gasteiger partial charge in [-0.2, -0.15) is 11.8 Å². The Balaban J connectivity index is 1.93. The molecule has 0 spiro atoms. The SMILES string of the molecule is NC(=S)C1(C(=O)NCC2CCSC2)CCOCC1. The van der Waals surface area contributed by atoms with Gasteiger partial charge >= 0.3 is 0 Å². The van der Waals surface area contributed by atoms with E-state index in [-0.39, 0.29) is 5.91 Å². The summed E-state index contributed by atoms with van der Waals surface area (Å²) in [6.45, 7) is 1.87. The Bertz CT molecular complexity index is 324. The van der Waals surface area contributed by atoms with Gasteiger partial charge in [0, 0.05) is 19.8 Å². The molecule has 2 aliphatic heterocycles. The van der Waals surface area contributed by atoms with Gasteiger partial charge in [0.1, 0.15) is 5.41 Å².